The van der Waals surface area contributed by atoms with Gasteiger partial charge in [-0.2, -0.15) is 0 Å². The first-order valence-corrected chi connectivity index (χ1v) is 10.4. The Balaban J connectivity index is 2.05. The topological polar surface area (TPSA) is 88.7 Å². The highest BCUT2D eigenvalue weighted by Gasteiger charge is 2.18. The molecular weight excluding hydrogens is 411 g/mol. The summed E-state index contributed by atoms with van der Waals surface area (Å²) in [5, 5.41) is 7.10. The number of nitrogens with one attached hydrogen (secondary N) is 2. The van der Waals surface area contributed by atoms with E-state index in [4.69, 9.17) is 33.7 Å². The maximum Gasteiger partial charge on any atom is 0.275 e. The van der Waals surface area contributed by atoms with Crippen LogP contribution in [0.5, 0.6) is 0 Å². The van der Waals surface area contributed by atoms with Gasteiger partial charge in [0.15, 0.2) is 0 Å². The molecule has 2 rings (SSSR count). The van der Waals surface area contributed by atoms with Gasteiger partial charge in [0, 0.05) is 13.2 Å². The Kier molecular flexibility index (Phi) is 9.51. The molecule has 0 spiro atoms. The number of carbonyl (C=O) groups is 1. The highest BCUT2D eigenvalue weighted by molar-refractivity contribution is 6.45. The van der Waals surface area contributed by atoms with E-state index in [0.29, 0.717) is 40.2 Å². The highest BCUT2D eigenvalue weighted by Crippen LogP contribution is 2.22. The molecule has 0 aliphatic carbocycles. The molecular formula is C21H28Cl2N4O2. The Morgan fingerprint density at radius 2 is 2.17 bits per heavy atom. The van der Waals surface area contributed by atoms with Crippen LogP contribution in [0, 0.1) is 0 Å². The number of nitrogens with zero attached hydrogens (tertiary/aromatic N) is 1. The third kappa shape index (κ3) is 7.38. The molecule has 1 fully saturated rings. The number of hydrogen-bond donors (Lipinski definition) is 3. The minimum atomic E-state index is -0.316. The second-order valence-corrected chi connectivity index (χ2v) is 7.57. The summed E-state index contributed by atoms with van der Waals surface area (Å²) in [6.45, 7) is 5.43. The lowest BCUT2D eigenvalue weighted by Crippen LogP contribution is -2.37. The van der Waals surface area contributed by atoms with Crippen molar-refractivity contribution < 1.29 is 9.53 Å². The van der Waals surface area contributed by atoms with Gasteiger partial charge < -0.3 is 21.1 Å². The fraction of sp³-hybridized carbons (Fsp3) is 0.429. The molecule has 1 amide bonds. The van der Waals surface area contributed by atoms with Crippen molar-refractivity contribution in [2.45, 2.75) is 45.8 Å². The molecule has 1 atom stereocenters. The van der Waals surface area contributed by atoms with Crippen molar-refractivity contribution in [3.8, 4) is 0 Å². The second-order valence-electron chi connectivity index (χ2n) is 6.76. The first-order chi connectivity index (χ1) is 13.9. The van der Waals surface area contributed by atoms with Crippen LogP contribution in [0.4, 0.5) is 0 Å². The third-order valence-corrected chi connectivity index (χ3v) is 5.18. The van der Waals surface area contributed by atoms with Gasteiger partial charge in [0.05, 0.1) is 22.7 Å². The van der Waals surface area contributed by atoms with Gasteiger partial charge in [-0.05, 0) is 61.7 Å². The lowest BCUT2D eigenvalue weighted by Gasteiger charge is -2.15. The largest absolute Gasteiger partial charge is 0.404 e. The summed E-state index contributed by atoms with van der Waals surface area (Å²) in [7, 11) is 0. The van der Waals surface area contributed by atoms with E-state index in [1.807, 2.05) is 19.1 Å². The zero-order chi connectivity index (χ0) is 21.2. The van der Waals surface area contributed by atoms with Crippen LogP contribution in [0.15, 0.2) is 46.9 Å². The van der Waals surface area contributed by atoms with Crippen molar-refractivity contribution in [1.82, 2.24) is 10.6 Å². The predicted molar refractivity (Wildman–Crippen MR) is 119 cm³/mol. The summed E-state index contributed by atoms with van der Waals surface area (Å²) in [5.74, 6) is 0.279. The van der Waals surface area contributed by atoms with E-state index in [-0.39, 0.29) is 12.0 Å². The molecule has 4 N–H and O–H groups in total. The SMILES string of the molecule is CCC=C(NCc1ccc(Cl)c(Cl)c1)NC(=O)C(=NCC1CCCO1)/C(C)=C\N. The summed E-state index contributed by atoms with van der Waals surface area (Å²) in [6, 6.07) is 5.41. The number of nitrogens with two attached hydrogens (primary N) is 1. The van der Waals surface area contributed by atoms with Crippen molar-refractivity contribution in [1.29, 1.82) is 0 Å². The van der Waals surface area contributed by atoms with E-state index >= 15 is 0 Å². The smallest absolute Gasteiger partial charge is 0.275 e. The van der Waals surface area contributed by atoms with Crippen LogP contribution in [-0.2, 0) is 16.1 Å². The predicted octanol–water partition coefficient (Wildman–Crippen LogP) is 3.93. The Morgan fingerprint density at radius 3 is 2.79 bits per heavy atom. The van der Waals surface area contributed by atoms with E-state index in [1.54, 1.807) is 19.1 Å². The summed E-state index contributed by atoms with van der Waals surface area (Å²) < 4.78 is 5.59. The number of rotatable bonds is 9. The number of benzene rings is 1. The molecule has 0 saturated carbocycles. The Morgan fingerprint density at radius 1 is 1.38 bits per heavy atom. The van der Waals surface area contributed by atoms with Gasteiger partial charge in [-0.3, -0.25) is 9.79 Å². The van der Waals surface area contributed by atoms with E-state index in [2.05, 4.69) is 15.6 Å². The first kappa shape index (κ1) is 23.3. The van der Waals surface area contributed by atoms with E-state index in [9.17, 15) is 4.79 Å². The van der Waals surface area contributed by atoms with Crippen molar-refractivity contribution in [3.05, 3.63) is 57.5 Å². The molecule has 1 aliphatic heterocycles. The van der Waals surface area contributed by atoms with E-state index < -0.39 is 0 Å². The number of amides is 1. The average Bonchev–Trinajstić information content (AvgIpc) is 3.22. The molecule has 1 unspecified atom stereocenters. The fourth-order valence-corrected chi connectivity index (χ4v) is 3.16. The molecule has 0 bridgehead atoms. The maximum atomic E-state index is 12.8. The first-order valence-electron chi connectivity index (χ1n) is 9.68. The molecule has 6 nitrogen and oxygen atoms in total. The fourth-order valence-electron chi connectivity index (χ4n) is 2.84. The molecule has 1 aliphatic rings. The zero-order valence-electron chi connectivity index (χ0n) is 16.8. The number of hydrogen-bond acceptors (Lipinski definition) is 5. The number of allylic oxidation sites excluding steroid dienone is 1. The quantitative estimate of drug-likeness (QED) is 0.509. The van der Waals surface area contributed by atoms with Crippen LogP contribution in [0.2, 0.25) is 10.0 Å². The normalized spacial score (nSPS) is 18.1. The van der Waals surface area contributed by atoms with Crippen LogP contribution >= 0.6 is 23.2 Å². The summed E-state index contributed by atoms with van der Waals surface area (Å²) >= 11 is 12.0. The van der Waals surface area contributed by atoms with Crippen LogP contribution in [-0.4, -0.2) is 30.9 Å². The summed E-state index contributed by atoms with van der Waals surface area (Å²) in [5.41, 5.74) is 7.50. The van der Waals surface area contributed by atoms with Crippen molar-refractivity contribution in [3.63, 3.8) is 0 Å². The Hall–Kier alpha value is -2.02. The van der Waals surface area contributed by atoms with Crippen molar-refractivity contribution >= 4 is 34.8 Å². The molecule has 1 saturated heterocycles. The molecule has 1 heterocycles. The van der Waals surface area contributed by atoms with Crippen LogP contribution in [0.3, 0.4) is 0 Å². The van der Waals surface area contributed by atoms with Gasteiger partial charge in [0.2, 0.25) is 0 Å². The average molecular weight is 439 g/mol. The van der Waals surface area contributed by atoms with Gasteiger partial charge in [-0.15, -0.1) is 0 Å². The van der Waals surface area contributed by atoms with Crippen LogP contribution in [0.25, 0.3) is 0 Å². The monoisotopic (exact) mass is 438 g/mol. The number of halogens is 2. The molecule has 0 radical (unpaired) electrons. The Labute approximate surface area is 182 Å². The summed E-state index contributed by atoms with van der Waals surface area (Å²) in [6.07, 6.45) is 6.07. The van der Waals surface area contributed by atoms with E-state index in [0.717, 1.165) is 31.4 Å². The zero-order valence-corrected chi connectivity index (χ0v) is 18.3. The lowest BCUT2D eigenvalue weighted by atomic mass is 10.1. The van der Waals surface area contributed by atoms with Gasteiger partial charge in [-0.25, -0.2) is 0 Å². The van der Waals surface area contributed by atoms with E-state index in [1.165, 1.54) is 6.20 Å². The van der Waals surface area contributed by atoms with Gasteiger partial charge in [0.1, 0.15) is 11.5 Å². The summed E-state index contributed by atoms with van der Waals surface area (Å²) in [4.78, 5) is 17.3. The minimum absolute atomic E-state index is 0.0572. The minimum Gasteiger partial charge on any atom is -0.404 e. The maximum absolute atomic E-state index is 12.8. The standard InChI is InChI=1S/C21H28Cl2N4O2/c1-3-5-19(25-12-15-7-8-17(22)18(23)10-15)27-21(28)20(14(2)11-24)26-13-16-6-4-9-29-16/h5,7-8,10-11,16,25H,3-4,6,9,12-13,24H2,1-2H3,(H,27,28)/b14-11-,19-5?,26-20?. The number of carbonyl (C=O) groups excluding carboxylic acids is 1. The highest BCUT2D eigenvalue weighted by atomic mass is 35.5. The molecule has 29 heavy (non-hydrogen) atoms. The van der Waals surface area contributed by atoms with Gasteiger partial charge in [-0.1, -0.05) is 36.2 Å². The molecule has 1 aromatic carbocycles. The lowest BCUT2D eigenvalue weighted by molar-refractivity contribution is -0.114. The van der Waals surface area contributed by atoms with Gasteiger partial charge in [0.25, 0.3) is 5.91 Å². The molecule has 8 heteroatoms. The second kappa shape index (κ2) is 11.9. The van der Waals surface area contributed by atoms with Crippen LogP contribution in [0.1, 0.15) is 38.7 Å². The third-order valence-electron chi connectivity index (χ3n) is 4.44. The molecule has 158 valence electrons. The Bertz CT molecular complexity index is 800. The molecule has 0 aromatic heterocycles. The van der Waals surface area contributed by atoms with Gasteiger partial charge >= 0.3 is 0 Å². The molecule has 1 aromatic rings. The van der Waals surface area contributed by atoms with Crippen molar-refractivity contribution in [2.75, 3.05) is 13.2 Å². The van der Waals surface area contributed by atoms with Crippen LogP contribution < -0.4 is 16.4 Å². The number of ether oxygens (including phenoxy) is 1. The number of aliphatic imine (C=N–C) groups is 1. The van der Waals surface area contributed by atoms with Crippen molar-refractivity contribution in [2.24, 2.45) is 10.7 Å².